The van der Waals surface area contributed by atoms with Crippen LogP contribution < -0.4 is 5.32 Å². The zero-order valence-corrected chi connectivity index (χ0v) is 12.1. The number of benzene rings is 2. The van der Waals surface area contributed by atoms with Gasteiger partial charge in [-0.25, -0.2) is 0 Å². The highest BCUT2D eigenvalue weighted by Gasteiger charge is 2.05. The van der Waals surface area contributed by atoms with Gasteiger partial charge in [0.25, 0.3) is 0 Å². The van der Waals surface area contributed by atoms with E-state index in [1.165, 1.54) is 5.56 Å². The molecule has 0 aromatic heterocycles. The van der Waals surface area contributed by atoms with Crippen LogP contribution in [0.25, 0.3) is 0 Å². The molecule has 94 valence electrons. The summed E-state index contributed by atoms with van der Waals surface area (Å²) in [5, 5.41) is 5.12. The van der Waals surface area contributed by atoms with Crippen molar-refractivity contribution in [1.82, 2.24) is 0 Å². The maximum absolute atomic E-state index is 6.11. The molecule has 0 unspecified atom stereocenters. The number of aryl methyl sites for hydroxylation is 1. The Bertz CT molecular complexity index is 567. The van der Waals surface area contributed by atoms with Gasteiger partial charge in [-0.1, -0.05) is 46.9 Å². The number of rotatable bonds is 3. The largest absolute Gasteiger partial charge is 0.380 e. The van der Waals surface area contributed by atoms with E-state index in [1.807, 2.05) is 37.3 Å². The van der Waals surface area contributed by atoms with Crippen molar-refractivity contribution >= 4 is 40.5 Å². The Hall–Kier alpha value is -0.890. The third-order valence-electron chi connectivity index (χ3n) is 2.73. The first-order valence-corrected chi connectivity index (χ1v) is 6.64. The molecule has 0 saturated carbocycles. The lowest BCUT2D eigenvalue weighted by Crippen LogP contribution is -2.01. The minimum Gasteiger partial charge on any atom is -0.380 e. The number of hydrogen-bond acceptors (Lipinski definition) is 1. The fourth-order valence-electron chi connectivity index (χ4n) is 1.69. The summed E-state index contributed by atoms with van der Waals surface area (Å²) in [5.41, 5.74) is 3.15. The van der Waals surface area contributed by atoms with Crippen LogP contribution in [0, 0.1) is 6.92 Å². The topological polar surface area (TPSA) is 12.0 Å². The third-order valence-corrected chi connectivity index (χ3v) is 3.78. The highest BCUT2D eigenvalue weighted by molar-refractivity contribution is 6.43. The molecule has 0 radical (unpaired) electrons. The molecule has 0 atom stereocenters. The van der Waals surface area contributed by atoms with Gasteiger partial charge in [0.2, 0.25) is 0 Å². The molecule has 0 spiro atoms. The molecule has 2 rings (SSSR count). The summed E-state index contributed by atoms with van der Waals surface area (Å²) in [5.74, 6) is 0. The van der Waals surface area contributed by atoms with Crippen LogP contribution >= 0.6 is 34.8 Å². The van der Waals surface area contributed by atoms with E-state index in [9.17, 15) is 0 Å². The van der Waals surface area contributed by atoms with Gasteiger partial charge < -0.3 is 5.32 Å². The molecule has 0 aliphatic carbocycles. The molecule has 0 bridgehead atoms. The van der Waals surface area contributed by atoms with Crippen molar-refractivity contribution in [1.29, 1.82) is 0 Å². The second-order valence-corrected chi connectivity index (χ2v) is 5.25. The zero-order valence-electron chi connectivity index (χ0n) is 9.81. The molecule has 18 heavy (non-hydrogen) atoms. The van der Waals surface area contributed by atoms with Gasteiger partial charge >= 0.3 is 0 Å². The van der Waals surface area contributed by atoms with E-state index < -0.39 is 0 Å². The van der Waals surface area contributed by atoms with Crippen LogP contribution in [0.15, 0.2) is 36.4 Å². The van der Waals surface area contributed by atoms with Crippen LogP contribution in [0.3, 0.4) is 0 Å². The molecule has 2 aromatic rings. The van der Waals surface area contributed by atoms with Crippen LogP contribution in [0.5, 0.6) is 0 Å². The number of halogens is 3. The molecule has 0 aliphatic heterocycles. The van der Waals surface area contributed by atoms with E-state index in [4.69, 9.17) is 34.8 Å². The van der Waals surface area contributed by atoms with Gasteiger partial charge in [-0.05, 0) is 42.3 Å². The van der Waals surface area contributed by atoms with Crippen LogP contribution in [-0.2, 0) is 6.54 Å². The second kappa shape index (κ2) is 5.83. The van der Waals surface area contributed by atoms with E-state index in [2.05, 4.69) is 5.32 Å². The molecular weight excluding hydrogens is 289 g/mol. The number of hydrogen-bond donors (Lipinski definition) is 1. The van der Waals surface area contributed by atoms with Gasteiger partial charge in [0, 0.05) is 11.6 Å². The number of anilines is 1. The predicted molar refractivity (Wildman–Crippen MR) is 80.0 cm³/mol. The fourth-order valence-corrected chi connectivity index (χ4v) is 2.28. The lowest BCUT2D eigenvalue weighted by molar-refractivity contribution is 1.12. The SMILES string of the molecule is Cc1cc(Cl)ccc1CNc1cccc(Cl)c1Cl. The standard InChI is InChI=1S/C14H12Cl3N/c1-9-7-11(15)6-5-10(9)8-18-13-4-2-3-12(16)14(13)17/h2-7,18H,8H2,1H3. The van der Waals surface area contributed by atoms with Crippen molar-refractivity contribution in [2.24, 2.45) is 0 Å². The Balaban J connectivity index is 2.14. The smallest absolute Gasteiger partial charge is 0.0823 e. The van der Waals surface area contributed by atoms with Crippen LogP contribution in [0.2, 0.25) is 15.1 Å². The summed E-state index contributed by atoms with van der Waals surface area (Å²) in [6.45, 7) is 2.71. The Kier molecular flexibility index (Phi) is 4.39. The summed E-state index contributed by atoms with van der Waals surface area (Å²) >= 11 is 18.0. The van der Waals surface area contributed by atoms with Gasteiger partial charge in [0.1, 0.15) is 0 Å². The van der Waals surface area contributed by atoms with Crippen molar-refractivity contribution in [3.8, 4) is 0 Å². The monoisotopic (exact) mass is 299 g/mol. The van der Waals surface area contributed by atoms with Crippen molar-refractivity contribution in [2.75, 3.05) is 5.32 Å². The summed E-state index contributed by atoms with van der Waals surface area (Å²) in [4.78, 5) is 0. The quantitative estimate of drug-likeness (QED) is 0.781. The normalized spacial score (nSPS) is 10.4. The summed E-state index contributed by atoms with van der Waals surface area (Å²) < 4.78 is 0. The van der Waals surface area contributed by atoms with E-state index >= 15 is 0 Å². The van der Waals surface area contributed by atoms with Crippen LogP contribution in [0.1, 0.15) is 11.1 Å². The highest BCUT2D eigenvalue weighted by Crippen LogP contribution is 2.30. The Morgan fingerprint density at radius 3 is 2.56 bits per heavy atom. The van der Waals surface area contributed by atoms with Crippen molar-refractivity contribution in [3.63, 3.8) is 0 Å². The molecular formula is C14H12Cl3N. The molecule has 1 N–H and O–H groups in total. The molecule has 0 heterocycles. The Morgan fingerprint density at radius 1 is 1.06 bits per heavy atom. The molecule has 4 heteroatoms. The van der Waals surface area contributed by atoms with Gasteiger partial charge in [-0.3, -0.25) is 0 Å². The molecule has 0 saturated heterocycles. The summed E-state index contributed by atoms with van der Waals surface area (Å²) in [6, 6.07) is 11.4. The first-order valence-electron chi connectivity index (χ1n) is 5.51. The molecule has 2 aromatic carbocycles. The lowest BCUT2D eigenvalue weighted by atomic mass is 10.1. The van der Waals surface area contributed by atoms with Gasteiger partial charge in [-0.15, -0.1) is 0 Å². The van der Waals surface area contributed by atoms with Crippen LogP contribution in [0.4, 0.5) is 5.69 Å². The minimum absolute atomic E-state index is 0.547. The first-order chi connectivity index (χ1) is 8.58. The van der Waals surface area contributed by atoms with E-state index in [-0.39, 0.29) is 0 Å². The zero-order chi connectivity index (χ0) is 13.1. The van der Waals surface area contributed by atoms with Crippen LogP contribution in [-0.4, -0.2) is 0 Å². The first kappa shape index (κ1) is 13.5. The molecule has 1 nitrogen and oxygen atoms in total. The Labute approximate surface area is 122 Å². The average Bonchev–Trinajstić information content (AvgIpc) is 2.33. The molecule has 0 amide bonds. The van der Waals surface area contributed by atoms with Gasteiger partial charge in [-0.2, -0.15) is 0 Å². The number of nitrogens with one attached hydrogen (secondary N) is 1. The van der Waals surface area contributed by atoms with Crippen molar-refractivity contribution in [3.05, 3.63) is 62.6 Å². The second-order valence-electron chi connectivity index (χ2n) is 4.03. The van der Waals surface area contributed by atoms with E-state index in [1.54, 1.807) is 6.07 Å². The fraction of sp³-hybridized carbons (Fsp3) is 0.143. The van der Waals surface area contributed by atoms with Crippen molar-refractivity contribution in [2.45, 2.75) is 13.5 Å². The lowest BCUT2D eigenvalue weighted by Gasteiger charge is -2.11. The predicted octanol–water partition coefficient (Wildman–Crippen LogP) is 5.57. The molecule has 0 fully saturated rings. The highest BCUT2D eigenvalue weighted by atomic mass is 35.5. The van der Waals surface area contributed by atoms with E-state index in [0.717, 1.165) is 16.3 Å². The Morgan fingerprint density at radius 2 is 1.83 bits per heavy atom. The maximum atomic E-state index is 6.11. The maximum Gasteiger partial charge on any atom is 0.0823 e. The van der Waals surface area contributed by atoms with Gasteiger partial charge in [0.05, 0.1) is 15.7 Å². The van der Waals surface area contributed by atoms with Gasteiger partial charge in [0.15, 0.2) is 0 Å². The summed E-state index contributed by atoms with van der Waals surface area (Å²) in [7, 11) is 0. The minimum atomic E-state index is 0.547. The summed E-state index contributed by atoms with van der Waals surface area (Å²) in [6.07, 6.45) is 0. The van der Waals surface area contributed by atoms with E-state index in [0.29, 0.717) is 16.6 Å². The molecule has 0 aliphatic rings. The third kappa shape index (κ3) is 3.11. The average molecular weight is 301 g/mol. The van der Waals surface area contributed by atoms with Crippen molar-refractivity contribution < 1.29 is 0 Å².